The fourth-order valence-electron chi connectivity index (χ4n) is 2.10. The lowest BCUT2D eigenvalue weighted by Gasteiger charge is -2.02. The van der Waals surface area contributed by atoms with E-state index in [1.165, 1.54) is 23.0 Å². The predicted octanol–water partition coefficient (Wildman–Crippen LogP) is 2.39. The largest absolute Gasteiger partial charge is 0.296 e. The summed E-state index contributed by atoms with van der Waals surface area (Å²) in [5.41, 5.74) is 1.03. The molecule has 0 amide bonds. The Balaban J connectivity index is 2.02. The van der Waals surface area contributed by atoms with Crippen molar-refractivity contribution in [3.63, 3.8) is 0 Å². The Morgan fingerprint density at radius 1 is 1.13 bits per heavy atom. The van der Waals surface area contributed by atoms with Crippen molar-refractivity contribution in [1.82, 2.24) is 14.8 Å². The Bertz CT molecular complexity index is 1000. The fraction of sp³-hybridized carbons (Fsp3) is 0.0667. The van der Waals surface area contributed by atoms with Gasteiger partial charge in [0.15, 0.2) is 15.7 Å². The van der Waals surface area contributed by atoms with Crippen molar-refractivity contribution in [3.8, 4) is 16.9 Å². The highest BCUT2D eigenvalue weighted by atomic mass is 79.9. The normalized spacial score (nSPS) is 11.6. The second kappa shape index (κ2) is 5.78. The first kappa shape index (κ1) is 15.7. The van der Waals surface area contributed by atoms with Gasteiger partial charge in [0.25, 0.3) is 5.56 Å². The smallest absolute Gasteiger partial charge is 0.280 e. The maximum Gasteiger partial charge on any atom is 0.280 e. The summed E-state index contributed by atoms with van der Waals surface area (Å²) in [5.74, 6) is 0.325. The number of aromatic nitrogens is 3. The highest BCUT2D eigenvalue weighted by Gasteiger charge is 2.12. The number of halogens is 1. The van der Waals surface area contributed by atoms with Crippen molar-refractivity contribution >= 4 is 25.8 Å². The average molecular weight is 394 g/mol. The zero-order chi connectivity index (χ0) is 16.6. The van der Waals surface area contributed by atoms with E-state index in [-0.39, 0.29) is 10.5 Å². The Morgan fingerprint density at radius 3 is 2.39 bits per heavy atom. The molecule has 2 aromatic heterocycles. The molecule has 23 heavy (non-hydrogen) atoms. The molecule has 0 radical (unpaired) electrons. The van der Waals surface area contributed by atoms with Crippen molar-refractivity contribution < 1.29 is 8.42 Å². The zero-order valence-electron chi connectivity index (χ0n) is 12.0. The molecule has 0 aliphatic heterocycles. The molecular formula is C15H12BrN3O3S. The third-order valence-electron chi connectivity index (χ3n) is 3.30. The second-order valence-electron chi connectivity index (χ2n) is 4.96. The quantitative estimate of drug-likeness (QED) is 0.740. The fourth-order valence-corrected chi connectivity index (χ4v) is 2.92. The molecule has 3 rings (SSSR count). The molecule has 0 fully saturated rings. The van der Waals surface area contributed by atoms with Crippen molar-refractivity contribution in [2.45, 2.75) is 4.90 Å². The van der Waals surface area contributed by atoms with Gasteiger partial charge < -0.3 is 0 Å². The minimum absolute atomic E-state index is 0.106. The Morgan fingerprint density at radius 2 is 1.83 bits per heavy atom. The molecule has 0 aliphatic rings. The molecule has 3 aromatic rings. The van der Waals surface area contributed by atoms with Gasteiger partial charge in [-0.2, -0.15) is 0 Å². The summed E-state index contributed by atoms with van der Waals surface area (Å²) in [5, 5.41) is 2.84. The van der Waals surface area contributed by atoms with E-state index in [1.54, 1.807) is 6.20 Å². The van der Waals surface area contributed by atoms with Crippen LogP contribution in [0.1, 0.15) is 0 Å². The molecule has 8 heteroatoms. The van der Waals surface area contributed by atoms with Crippen LogP contribution in [0, 0.1) is 0 Å². The van der Waals surface area contributed by atoms with Gasteiger partial charge in [-0.3, -0.25) is 9.89 Å². The van der Waals surface area contributed by atoms with Crippen molar-refractivity contribution in [1.29, 1.82) is 0 Å². The van der Waals surface area contributed by atoms with Gasteiger partial charge in [-0.05, 0) is 29.8 Å². The minimum atomic E-state index is -3.32. The van der Waals surface area contributed by atoms with Crippen LogP contribution in [0.15, 0.2) is 63.0 Å². The van der Waals surface area contributed by atoms with Crippen LogP contribution in [0.4, 0.5) is 0 Å². The van der Waals surface area contributed by atoms with Crippen molar-refractivity contribution in [2.24, 2.45) is 0 Å². The Labute approximate surface area is 140 Å². The lowest BCUT2D eigenvalue weighted by atomic mass is 10.1. The minimum Gasteiger partial charge on any atom is -0.296 e. The molecule has 1 aromatic carbocycles. The van der Waals surface area contributed by atoms with Crippen LogP contribution < -0.4 is 5.56 Å². The SMILES string of the molecule is CS(=O)(=O)c1ccc(-n2[nH]cc(-c3ccc(Br)cc3)c2=O)nc1. The van der Waals surface area contributed by atoms with Crippen LogP contribution in [-0.4, -0.2) is 29.4 Å². The number of nitrogens with zero attached hydrogens (tertiary/aromatic N) is 2. The van der Waals surface area contributed by atoms with Gasteiger partial charge in [0.2, 0.25) is 0 Å². The number of H-pyrrole nitrogens is 1. The summed E-state index contributed by atoms with van der Waals surface area (Å²) >= 11 is 3.35. The zero-order valence-corrected chi connectivity index (χ0v) is 14.4. The summed E-state index contributed by atoms with van der Waals surface area (Å²) in [6, 6.07) is 10.3. The van der Waals surface area contributed by atoms with Gasteiger partial charge in [-0.15, -0.1) is 0 Å². The monoisotopic (exact) mass is 393 g/mol. The molecule has 1 N–H and O–H groups in total. The van der Waals surface area contributed by atoms with Crippen LogP contribution in [-0.2, 0) is 9.84 Å². The molecule has 0 spiro atoms. The molecule has 0 saturated carbocycles. The highest BCUT2D eigenvalue weighted by Crippen LogP contribution is 2.19. The molecule has 0 atom stereocenters. The predicted molar refractivity (Wildman–Crippen MR) is 90.4 cm³/mol. The van der Waals surface area contributed by atoms with Gasteiger partial charge >= 0.3 is 0 Å². The third-order valence-corrected chi connectivity index (χ3v) is 4.93. The third kappa shape index (κ3) is 3.13. The molecule has 6 nitrogen and oxygen atoms in total. The van der Waals surface area contributed by atoms with Gasteiger partial charge in [0, 0.05) is 23.1 Å². The maximum atomic E-state index is 12.5. The van der Waals surface area contributed by atoms with Gasteiger partial charge in [-0.25, -0.2) is 18.1 Å². The molecule has 0 bridgehead atoms. The Kier molecular flexibility index (Phi) is 3.95. The standard InChI is InChI=1S/C15H12BrN3O3S/c1-23(21,22)12-6-7-14(17-8-12)19-15(20)13(9-18-19)10-2-4-11(16)5-3-10/h2-9,18H,1H3. The van der Waals surface area contributed by atoms with E-state index in [2.05, 4.69) is 26.0 Å². The first-order chi connectivity index (χ1) is 10.9. The molecular weight excluding hydrogens is 382 g/mol. The van der Waals surface area contributed by atoms with E-state index in [0.717, 1.165) is 16.3 Å². The number of sulfone groups is 1. The topological polar surface area (TPSA) is 84.8 Å². The molecule has 0 unspecified atom stereocenters. The maximum absolute atomic E-state index is 12.5. The lowest BCUT2D eigenvalue weighted by molar-refractivity contribution is 0.601. The van der Waals surface area contributed by atoms with E-state index in [9.17, 15) is 13.2 Å². The van der Waals surface area contributed by atoms with Crippen LogP contribution in [0.25, 0.3) is 16.9 Å². The lowest BCUT2D eigenvalue weighted by Crippen LogP contribution is -2.17. The van der Waals surface area contributed by atoms with Crippen molar-refractivity contribution in [3.05, 3.63) is 63.6 Å². The Hall–Kier alpha value is -2.19. The summed E-state index contributed by atoms with van der Waals surface area (Å²) in [7, 11) is -3.32. The first-order valence-electron chi connectivity index (χ1n) is 6.59. The molecule has 2 heterocycles. The number of benzene rings is 1. The van der Waals surface area contributed by atoms with E-state index in [4.69, 9.17) is 0 Å². The van der Waals surface area contributed by atoms with Gasteiger partial charge in [-0.1, -0.05) is 28.1 Å². The second-order valence-corrected chi connectivity index (χ2v) is 7.89. The summed E-state index contributed by atoms with van der Waals surface area (Å²) < 4.78 is 25.1. The van der Waals surface area contributed by atoms with Gasteiger partial charge in [0.05, 0.1) is 10.5 Å². The van der Waals surface area contributed by atoms with E-state index in [1.807, 2.05) is 24.3 Å². The average Bonchev–Trinajstić information content (AvgIpc) is 2.89. The molecule has 0 saturated heterocycles. The molecule has 0 aliphatic carbocycles. The number of hydrogen-bond donors (Lipinski definition) is 1. The number of nitrogens with one attached hydrogen (secondary N) is 1. The van der Waals surface area contributed by atoms with E-state index in [0.29, 0.717) is 11.4 Å². The summed E-state index contributed by atoms with van der Waals surface area (Å²) in [6.45, 7) is 0. The summed E-state index contributed by atoms with van der Waals surface area (Å²) in [6.07, 6.45) is 3.94. The summed E-state index contributed by atoms with van der Waals surface area (Å²) in [4.78, 5) is 16.6. The molecule has 118 valence electrons. The van der Waals surface area contributed by atoms with Crippen LogP contribution >= 0.6 is 15.9 Å². The number of pyridine rings is 1. The number of hydrogen-bond acceptors (Lipinski definition) is 4. The number of aromatic amines is 1. The van der Waals surface area contributed by atoms with E-state index < -0.39 is 9.84 Å². The first-order valence-corrected chi connectivity index (χ1v) is 9.27. The van der Waals surface area contributed by atoms with Crippen LogP contribution in [0.2, 0.25) is 0 Å². The number of rotatable bonds is 3. The van der Waals surface area contributed by atoms with E-state index >= 15 is 0 Å². The van der Waals surface area contributed by atoms with Crippen LogP contribution in [0.3, 0.4) is 0 Å². The van der Waals surface area contributed by atoms with Gasteiger partial charge in [0.1, 0.15) is 0 Å². The highest BCUT2D eigenvalue weighted by molar-refractivity contribution is 9.10. The van der Waals surface area contributed by atoms with Crippen LogP contribution in [0.5, 0.6) is 0 Å². The van der Waals surface area contributed by atoms with Crippen molar-refractivity contribution in [2.75, 3.05) is 6.26 Å².